The van der Waals surface area contributed by atoms with Crippen LogP contribution >= 0.6 is 0 Å². The molecular formula is C14H23N3O. The Bertz CT molecular complexity index is 349. The largest absolute Gasteiger partial charge is 0.383 e. The third kappa shape index (κ3) is 3.96. The minimum absolute atomic E-state index is 0.737. The molecule has 1 saturated carbocycles. The third-order valence-electron chi connectivity index (χ3n) is 3.25. The van der Waals surface area contributed by atoms with Crippen LogP contribution in [-0.4, -0.2) is 37.8 Å². The lowest BCUT2D eigenvalue weighted by Crippen LogP contribution is -2.27. The van der Waals surface area contributed by atoms with E-state index in [9.17, 15) is 0 Å². The fourth-order valence-corrected chi connectivity index (χ4v) is 1.89. The van der Waals surface area contributed by atoms with E-state index in [4.69, 9.17) is 4.74 Å². The summed E-state index contributed by atoms with van der Waals surface area (Å²) < 4.78 is 5.11. The Kier molecular flexibility index (Phi) is 4.96. The predicted molar refractivity (Wildman–Crippen MR) is 73.9 cm³/mol. The van der Waals surface area contributed by atoms with Crippen molar-refractivity contribution in [3.05, 3.63) is 23.9 Å². The molecule has 0 aromatic carbocycles. The molecule has 0 aliphatic heterocycles. The van der Waals surface area contributed by atoms with Crippen molar-refractivity contribution < 1.29 is 4.74 Å². The van der Waals surface area contributed by atoms with Crippen LogP contribution in [0.25, 0.3) is 0 Å². The van der Waals surface area contributed by atoms with Crippen molar-refractivity contribution in [2.45, 2.75) is 32.4 Å². The molecule has 1 fully saturated rings. The SMILES string of the molecule is CCN(CCOC)c1ccc(CNC2CC2)cn1. The lowest BCUT2D eigenvalue weighted by atomic mass is 10.2. The van der Waals surface area contributed by atoms with Crippen LogP contribution in [0.4, 0.5) is 5.82 Å². The molecule has 0 radical (unpaired) electrons. The molecule has 4 nitrogen and oxygen atoms in total. The molecule has 0 spiro atoms. The molecule has 2 rings (SSSR count). The van der Waals surface area contributed by atoms with Crippen LogP contribution in [0.1, 0.15) is 25.3 Å². The lowest BCUT2D eigenvalue weighted by Gasteiger charge is -2.21. The first-order chi connectivity index (χ1) is 8.83. The minimum Gasteiger partial charge on any atom is -0.383 e. The van der Waals surface area contributed by atoms with Gasteiger partial charge in [0.25, 0.3) is 0 Å². The number of anilines is 1. The van der Waals surface area contributed by atoms with E-state index in [0.29, 0.717) is 0 Å². The van der Waals surface area contributed by atoms with Gasteiger partial charge in [-0.05, 0) is 31.4 Å². The number of nitrogens with one attached hydrogen (secondary N) is 1. The molecule has 1 aliphatic rings. The highest BCUT2D eigenvalue weighted by Gasteiger charge is 2.19. The van der Waals surface area contributed by atoms with Gasteiger partial charge in [0.2, 0.25) is 0 Å². The molecule has 0 unspecified atom stereocenters. The van der Waals surface area contributed by atoms with Gasteiger partial charge in [0, 0.05) is 39.0 Å². The Labute approximate surface area is 109 Å². The highest BCUT2D eigenvalue weighted by atomic mass is 16.5. The molecule has 4 heteroatoms. The summed E-state index contributed by atoms with van der Waals surface area (Å²) in [5.41, 5.74) is 1.26. The van der Waals surface area contributed by atoms with Crippen molar-refractivity contribution in [3.63, 3.8) is 0 Å². The van der Waals surface area contributed by atoms with Crippen LogP contribution in [-0.2, 0) is 11.3 Å². The van der Waals surface area contributed by atoms with Gasteiger partial charge in [0.15, 0.2) is 0 Å². The van der Waals surface area contributed by atoms with Crippen molar-refractivity contribution in [2.24, 2.45) is 0 Å². The average molecular weight is 249 g/mol. The summed E-state index contributed by atoms with van der Waals surface area (Å²) in [6.45, 7) is 5.65. The van der Waals surface area contributed by atoms with E-state index in [-0.39, 0.29) is 0 Å². The maximum atomic E-state index is 5.11. The first-order valence-electron chi connectivity index (χ1n) is 6.75. The molecule has 1 heterocycles. The van der Waals surface area contributed by atoms with E-state index in [1.54, 1.807) is 7.11 Å². The van der Waals surface area contributed by atoms with Crippen LogP contribution in [0, 0.1) is 0 Å². The fraction of sp³-hybridized carbons (Fsp3) is 0.643. The van der Waals surface area contributed by atoms with E-state index in [1.165, 1.54) is 18.4 Å². The first-order valence-corrected chi connectivity index (χ1v) is 6.75. The maximum Gasteiger partial charge on any atom is 0.128 e. The Morgan fingerprint density at radius 2 is 2.28 bits per heavy atom. The summed E-state index contributed by atoms with van der Waals surface area (Å²) >= 11 is 0. The monoisotopic (exact) mass is 249 g/mol. The number of methoxy groups -OCH3 is 1. The summed E-state index contributed by atoms with van der Waals surface area (Å²) in [5, 5.41) is 3.50. The van der Waals surface area contributed by atoms with E-state index >= 15 is 0 Å². The van der Waals surface area contributed by atoms with Crippen molar-refractivity contribution in [1.29, 1.82) is 0 Å². The summed E-state index contributed by atoms with van der Waals surface area (Å²) in [7, 11) is 1.73. The second kappa shape index (κ2) is 6.71. The number of aromatic nitrogens is 1. The minimum atomic E-state index is 0.737. The zero-order valence-electron chi connectivity index (χ0n) is 11.4. The normalized spacial score (nSPS) is 14.8. The lowest BCUT2D eigenvalue weighted by molar-refractivity contribution is 0.205. The Balaban J connectivity index is 1.87. The van der Waals surface area contributed by atoms with Gasteiger partial charge in [-0.3, -0.25) is 0 Å². The van der Waals surface area contributed by atoms with Gasteiger partial charge in [-0.15, -0.1) is 0 Å². The summed E-state index contributed by atoms with van der Waals surface area (Å²) in [6, 6.07) is 5.01. The topological polar surface area (TPSA) is 37.4 Å². The van der Waals surface area contributed by atoms with Crippen LogP contribution in [0.3, 0.4) is 0 Å². The molecule has 1 aromatic heterocycles. The highest BCUT2D eigenvalue weighted by molar-refractivity contribution is 5.39. The van der Waals surface area contributed by atoms with Gasteiger partial charge >= 0.3 is 0 Å². The molecule has 1 aromatic rings. The van der Waals surface area contributed by atoms with Crippen molar-refractivity contribution in [2.75, 3.05) is 31.7 Å². The first kappa shape index (κ1) is 13.3. The number of hydrogen-bond donors (Lipinski definition) is 1. The summed E-state index contributed by atoms with van der Waals surface area (Å²) in [6.07, 6.45) is 4.62. The average Bonchev–Trinajstić information content (AvgIpc) is 3.23. The molecule has 18 heavy (non-hydrogen) atoms. The van der Waals surface area contributed by atoms with Gasteiger partial charge < -0.3 is 15.0 Å². The van der Waals surface area contributed by atoms with E-state index in [1.807, 2.05) is 6.20 Å². The number of pyridine rings is 1. The van der Waals surface area contributed by atoms with Gasteiger partial charge in [-0.1, -0.05) is 6.07 Å². The number of rotatable bonds is 8. The quantitative estimate of drug-likeness (QED) is 0.762. The second-order valence-electron chi connectivity index (χ2n) is 4.75. The molecule has 1 N–H and O–H groups in total. The van der Waals surface area contributed by atoms with Crippen LogP contribution in [0.5, 0.6) is 0 Å². The van der Waals surface area contributed by atoms with Gasteiger partial charge in [0.05, 0.1) is 6.61 Å². The van der Waals surface area contributed by atoms with E-state index in [0.717, 1.165) is 38.1 Å². The summed E-state index contributed by atoms with van der Waals surface area (Å²) in [4.78, 5) is 6.76. The van der Waals surface area contributed by atoms with E-state index in [2.05, 4.69) is 34.3 Å². The molecule has 100 valence electrons. The van der Waals surface area contributed by atoms with Crippen molar-refractivity contribution in [1.82, 2.24) is 10.3 Å². The van der Waals surface area contributed by atoms with Crippen LogP contribution in [0.2, 0.25) is 0 Å². The van der Waals surface area contributed by atoms with E-state index < -0.39 is 0 Å². The maximum absolute atomic E-state index is 5.11. The van der Waals surface area contributed by atoms with Crippen LogP contribution in [0.15, 0.2) is 18.3 Å². The van der Waals surface area contributed by atoms with Gasteiger partial charge in [-0.25, -0.2) is 4.98 Å². The Morgan fingerprint density at radius 1 is 1.44 bits per heavy atom. The summed E-state index contributed by atoms with van der Waals surface area (Å²) in [5.74, 6) is 1.03. The van der Waals surface area contributed by atoms with Crippen LogP contribution < -0.4 is 10.2 Å². The van der Waals surface area contributed by atoms with Crippen molar-refractivity contribution in [3.8, 4) is 0 Å². The number of ether oxygens (including phenoxy) is 1. The molecule has 1 aliphatic carbocycles. The zero-order valence-corrected chi connectivity index (χ0v) is 11.4. The standard InChI is InChI=1S/C14H23N3O/c1-3-17(8-9-18-2)14-7-4-12(11-16-14)10-15-13-5-6-13/h4,7,11,13,15H,3,5-6,8-10H2,1-2H3. The fourth-order valence-electron chi connectivity index (χ4n) is 1.89. The Morgan fingerprint density at radius 3 is 2.83 bits per heavy atom. The highest BCUT2D eigenvalue weighted by Crippen LogP contribution is 2.19. The molecule has 0 amide bonds. The number of hydrogen-bond acceptors (Lipinski definition) is 4. The number of likely N-dealkylation sites (N-methyl/N-ethyl adjacent to an activating group) is 1. The van der Waals surface area contributed by atoms with Gasteiger partial charge in [0.1, 0.15) is 5.82 Å². The third-order valence-corrected chi connectivity index (χ3v) is 3.25. The molecule has 0 atom stereocenters. The smallest absolute Gasteiger partial charge is 0.128 e. The second-order valence-corrected chi connectivity index (χ2v) is 4.75. The van der Waals surface area contributed by atoms with Gasteiger partial charge in [-0.2, -0.15) is 0 Å². The zero-order chi connectivity index (χ0) is 12.8. The molecule has 0 bridgehead atoms. The predicted octanol–water partition coefficient (Wildman–Crippen LogP) is 1.81. The molecular weight excluding hydrogens is 226 g/mol. The number of nitrogens with zero attached hydrogens (tertiary/aromatic N) is 2. The molecule has 0 saturated heterocycles. The van der Waals surface area contributed by atoms with Crippen molar-refractivity contribution >= 4 is 5.82 Å². The Hall–Kier alpha value is -1.13.